The number of benzene rings is 1. The molecule has 4 unspecified atom stereocenters. The highest BCUT2D eigenvalue weighted by Gasteiger charge is 2.50. The van der Waals surface area contributed by atoms with Crippen LogP contribution in [0.1, 0.15) is 24.8 Å². The van der Waals surface area contributed by atoms with E-state index in [1.807, 2.05) is 0 Å². The van der Waals surface area contributed by atoms with Crippen molar-refractivity contribution < 1.29 is 4.74 Å². The molecular weight excluding hydrogens is 248 g/mol. The van der Waals surface area contributed by atoms with E-state index in [0.29, 0.717) is 18.7 Å². The van der Waals surface area contributed by atoms with E-state index in [0.717, 1.165) is 24.0 Å². The lowest BCUT2D eigenvalue weighted by Crippen LogP contribution is -2.46. The smallest absolute Gasteiger partial charge is 0.120 e. The third kappa shape index (κ3) is 2.57. The number of likely N-dealkylation sites (N-methyl/N-ethyl adjacent to an activating group) is 1. The molecule has 1 aromatic carbocycles. The van der Waals surface area contributed by atoms with Crippen molar-refractivity contribution in [3.8, 4) is 5.75 Å². The third-order valence-corrected chi connectivity index (χ3v) is 5.00. The summed E-state index contributed by atoms with van der Waals surface area (Å²) in [6.07, 6.45) is 5.33. The van der Waals surface area contributed by atoms with Crippen LogP contribution in [0, 0.1) is 11.8 Å². The standard InChI is InChI=1S/C17H26N2O/c1-19(2)16-13-6-7-14(11-13)17(16)20-15-5-3-4-12(10-15)8-9-18/h3-5,10,13-14,16-17H,6-9,11,18H2,1-2H3. The predicted molar refractivity (Wildman–Crippen MR) is 81.9 cm³/mol. The van der Waals surface area contributed by atoms with Crippen LogP contribution in [0.25, 0.3) is 0 Å². The maximum Gasteiger partial charge on any atom is 0.120 e. The molecule has 4 atom stereocenters. The van der Waals surface area contributed by atoms with Crippen molar-refractivity contribution in [3.05, 3.63) is 29.8 Å². The zero-order valence-electron chi connectivity index (χ0n) is 12.6. The minimum absolute atomic E-state index is 0.358. The van der Waals surface area contributed by atoms with E-state index >= 15 is 0 Å². The lowest BCUT2D eigenvalue weighted by Gasteiger charge is -2.35. The topological polar surface area (TPSA) is 38.5 Å². The normalized spacial score (nSPS) is 32.0. The Balaban J connectivity index is 1.74. The number of nitrogens with zero attached hydrogens (tertiary/aromatic N) is 1. The van der Waals surface area contributed by atoms with Crippen LogP contribution in [0.4, 0.5) is 0 Å². The summed E-state index contributed by atoms with van der Waals surface area (Å²) in [6, 6.07) is 9.03. The largest absolute Gasteiger partial charge is 0.488 e. The van der Waals surface area contributed by atoms with Gasteiger partial charge in [-0.1, -0.05) is 12.1 Å². The molecule has 0 spiro atoms. The van der Waals surface area contributed by atoms with Crippen LogP contribution in [0.2, 0.25) is 0 Å². The van der Waals surface area contributed by atoms with Gasteiger partial charge in [-0.05, 0) is 75.9 Å². The first-order chi connectivity index (χ1) is 9.69. The quantitative estimate of drug-likeness (QED) is 0.895. The zero-order valence-corrected chi connectivity index (χ0v) is 12.6. The molecule has 0 heterocycles. The summed E-state index contributed by atoms with van der Waals surface area (Å²) in [5.41, 5.74) is 6.91. The van der Waals surface area contributed by atoms with Crippen LogP contribution in [-0.4, -0.2) is 37.7 Å². The van der Waals surface area contributed by atoms with Gasteiger partial charge in [-0.25, -0.2) is 0 Å². The number of rotatable bonds is 5. The summed E-state index contributed by atoms with van der Waals surface area (Å²) >= 11 is 0. The Kier molecular flexibility index (Phi) is 3.99. The molecule has 2 aliphatic rings. The number of ether oxygens (including phenoxy) is 1. The Hall–Kier alpha value is -1.06. The third-order valence-electron chi connectivity index (χ3n) is 5.00. The molecule has 0 radical (unpaired) electrons. The van der Waals surface area contributed by atoms with Crippen molar-refractivity contribution in [3.63, 3.8) is 0 Å². The summed E-state index contributed by atoms with van der Waals surface area (Å²) in [5, 5.41) is 0. The molecule has 3 heteroatoms. The van der Waals surface area contributed by atoms with E-state index in [2.05, 4.69) is 43.3 Å². The van der Waals surface area contributed by atoms with Crippen LogP contribution < -0.4 is 10.5 Å². The minimum Gasteiger partial charge on any atom is -0.488 e. The van der Waals surface area contributed by atoms with Crippen LogP contribution in [-0.2, 0) is 6.42 Å². The Morgan fingerprint density at radius 3 is 2.80 bits per heavy atom. The highest BCUT2D eigenvalue weighted by atomic mass is 16.5. The van der Waals surface area contributed by atoms with Crippen molar-refractivity contribution in [2.45, 2.75) is 37.8 Å². The molecule has 110 valence electrons. The number of nitrogens with two attached hydrogens (primary N) is 1. The van der Waals surface area contributed by atoms with Gasteiger partial charge in [-0.3, -0.25) is 0 Å². The summed E-state index contributed by atoms with van der Waals surface area (Å²) in [6.45, 7) is 0.692. The van der Waals surface area contributed by atoms with Gasteiger partial charge >= 0.3 is 0 Å². The second kappa shape index (κ2) is 5.74. The maximum atomic E-state index is 6.39. The van der Waals surface area contributed by atoms with Crippen molar-refractivity contribution in [1.82, 2.24) is 4.90 Å². The molecule has 0 saturated heterocycles. The molecule has 2 bridgehead atoms. The SMILES string of the molecule is CN(C)C1C2CCC(C2)C1Oc1cccc(CCN)c1. The first-order valence-electron chi connectivity index (χ1n) is 7.81. The number of fused-ring (bicyclic) bond motifs is 2. The highest BCUT2D eigenvalue weighted by Crippen LogP contribution is 2.47. The average Bonchev–Trinajstić information content (AvgIpc) is 3.00. The molecule has 0 aliphatic heterocycles. The fraction of sp³-hybridized carbons (Fsp3) is 0.647. The van der Waals surface area contributed by atoms with Crippen LogP contribution in [0.15, 0.2) is 24.3 Å². The van der Waals surface area contributed by atoms with Gasteiger partial charge in [0.15, 0.2) is 0 Å². The molecule has 2 N–H and O–H groups in total. The fourth-order valence-corrected chi connectivity index (χ4v) is 4.19. The van der Waals surface area contributed by atoms with E-state index in [4.69, 9.17) is 10.5 Å². The van der Waals surface area contributed by atoms with E-state index in [1.165, 1.54) is 24.8 Å². The van der Waals surface area contributed by atoms with E-state index in [-0.39, 0.29) is 0 Å². The molecule has 2 fully saturated rings. The molecule has 1 aromatic rings. The molecule has 0 aromatic heterocycles. The summed E-state index contributed by atoms with van der Waals surface area (Å²) in [4.78, 5) is 2.36. The summed E-state index contributed by atoms with van der Waals surface area (Å²) < 4.78 is 6.39. The van der Waals surface area contributed by atoms with Gasteiger partial charge in [-0.2, -0.15) is 0 Å². The fourth-order valence-electron chi connectivity index (χ4n) is 4.19. The zero-order chi connectivity index (χ0) is 14.1. The van der Waals surface area contributed by atoms with Crippen LogP contribution >= 0.6 is 0 Å². The van der Waals surface area contributed by atoms with Gasteiger partial charge in [0.1, 0.15) is 11.9 Å². The summed E-state index contributed by atoms with van der Waals surface area (Å²) in [5.74, 6) is 2.58. The molecule has 3 nitrogen and oxygen atoms in total. The van der Waals surface area contributed by atoms with Crippen molar-refractivity contribution in [1.29, 1.82) is 0 Å². The Bertz CT molecular complexity index is 460. The van der Waals surface area contributed by atoms with Gasteiger partial charge in [0.2, 0.25) is 0 Å². The molecule has 2 aliphatic carbocycles. The molecule has 3 rings (SSSR count). The lowest BCUT2D eigenvalue weighted by molar-refractivity contribution is 0.0537. The van der Waals surface area contributed by atoms with Crippen molar-refractivity contribution in [2.75, 3.05) is 20.6 Å². The van der Waals surface area contributed by atoms with Gasteiger partial charge in [0, 0.05) is 6.04 Å². The molecular formula is C17H26N2O. The Morgan fingerprint density at radius 2 is 2.05 bits per heavy atom. The Labute approximate surface area is 122 Å². The highest BCUT2D eigenvalue weighted by molar-refractivity contribution is 5.29. The number of hydrogen-bond acceptors (Lipinski definition) is 3. The van der Waals surface area contributed by atoms with Crippen molar-refractivity contribution in [2.24, 2.45) is 17.6 Å². The second-order valence-electron chi connectivity index (χ2n) is 6.56. The van der Waals surface area contributed by atoms with E-state index < -0.39 is 0 Å². The van der Waals surface area contributed by atoms with Gasteiger partial charge < -0.3 is 15.4 Å². The van der Waals surface area contributed by atoms with Crippen LogP contribution in [0.5, 0.6) is 5.75 Å². The van der Waals surface area contributed by atoms with E-state index in [1.54, 1.807) is 0 Å². The Morgan fingerprint density at radius 1 is 1.25 bits per heavy atom. The minimum atomic E-state index is 0.358. The van der Waals surface area contributed by atoms with Gasteiger partial charge in [0.05, 0.1) is 0 Å². The molecule has 2 saturated carbocycles. The average molecular weight is 274 g/mol. The predicted octanol–water partition coefficient (Wildman–Crippen LogP) is 2.30. The number of hydrogen-bond donors (Lipinski definition) is 1. The monoisotopic (exact) mass is 274 g/mol. The summed E-state index contributed by atoms with van der Waals surface area (Å²) in [7, 11) is 4.37. The van der Waals surface area contributed by atoms with Gasteiger partial charge in [-0.15, -0.1) is 0 Å². The van der Waals surface area contributed by atoms with E-state index in [9.17, 15) is 0 Å². The molecule has 0 amide bonds. The van der Waals surface area contributed by atoms with Gasteiger partial charge in [0.25, 0.3) is 0 Å². The molecule has 20 heavy (non-hydrogen) atoms. The van der Waals surface area contributed by atoms with Crippen LogP contribution in [0.3, 0.4) is 0 Å². The van der Waals surface area contributed by atoms with Crippen molar-refractivity contribution >= 4 is 0 Å². The first-order valence-corrected chi connectivity index (χ1v) is 7.81. The lowest BCUT2D eigenvalue weighted by atomic mass is 9.91. The maximum absolute atomic E-state index is 6.39. The first kappa shape index (κ1) is 13.9. The second-order valence-corrected chi connectivity index (χ2v) is 6.56.